The third-order valence-electron chi connectivity index (χ3n) is 2.51. The molecule has 0 amide bonds. The Kier molecular flexibility index (Phi) is 5.18. The topological polar surface area (TPSA) is 83.5 Å². The maximum absolute atomic E-state index is 12.1. The predicted molar refractivity (Wildman–Crippen MR) is 77.7 cm³/mol. The first-order valence-electron chi connectivity index (χ1n) is 6.15. The van der Waals surface area contributed by atoms with Gasteiger partial charge in [-0.2, -0.15) is 0 Å². The summed E-state index contributed by atoms with van der Waals surface area (Å²) < 4.78 is 26.6. The molecule has 5 nitrogen and oxygen atoms in total. The number of halogens is 1. The van der Waals surface area contributed by atoms with Crippen LogP contribution in [0, 0.1) is 5.92 Å². The van der Waals surface area contributed by atoms with Crippen molar-refractivity contribution >= 4 is 27.4 Å². The van der Waals surface area contributed by atoms with Crippen molar-refractivity contribution < 1.29 is 18.3 Å². The molecule has 0 bridgehead atoms. The van der Waals surface area contributed by atoms with Gasteiger partial charge in [0.1, 0.15) is 10.6 Å². The van der Waals surface area contributed by atoms with Gasteiger partial charge < -0.3 is 5.11 Å². The molecular formula is C13H18ClNO4S. The summed E-state index contributed by atoms with van der Waals surface area (Å²) in [5, 5.41) is 10.2. The number of carbonyl (C=O) groups excluding carboxylic acids is 1. The number of nitrogens with one attached hydrogen (secondary N) is 1. The summed E-state index contributed by atoms with van der Waals surface area (Å²) in [6.45, 7) is 6.62. The van der Waals surface area contributed by atoms with Crippen LogP contribution < -0.4 is 4.72 Å². The van der Waals surface area contributed by atoms with E-state index >= 15 is 0 Å². The third-order valence-corrected chi connectivity index (χ3v) is 4.40. The van der Waals surface area contributed by atoms with Crippen LogP contribution in [0.25, 0.3) is 0 Å². The van der Waals surface area contributed by atoms with Crippen LogP contribution >= 0.6 is 11.6 Å². The van der Waals surface area contributed by atoms with E-state index in [0.717, 1.165) is 6.07 Å². The van der Waals surface area contributed by atoms with Crippen molar-refractivity contribution in [3.05, 3.63) is 22.7 Å². The molecule has 0 aliphatic heterocycles. The lowest BCUT2D eigenvalue weighted by molar-refractivity contribution is 0.0936. The van der Waals surface area contributed by atoms with Gasteiger partial charge in [-0.1, -0.05) is 25.4 Å². The predicted octanol–water partition coefficient (Wildman–Crippen LogP) is 2.57. The number of carbonyl (C=O) groups is 1. The Labute approximate surface area is 124 Å². The van der Waals surface area contributed by atoms with Gasteiger partial charge in [-0.3, -0.25) is 4.79 Å². The van der Waals surface area contributed by atoms with Crippen LogP contribution in [-0.2, 0) is 10.0 Å². The van der Waals surface area contributed by atoms with E-state index < -0.39 is 15.8 Å². The highest BCUT2D eigenvalue weighted by atomic mass is 35.5. The molecule has 0 radical (unpaired) electrons. The molecule has 0 aliphatic carbocycles. The molecule has 7 heteroatoms. The second-order valence-electron chi connectivity index (χ2n) is 5.10. The molecule has 0 unspecified atom stereocenters. The molecule has 0 heterocycles. The van der Waals surface area contributed by atoms with Crippen LogP contribution in [0.1, 0.15) is 38.1 Å². The number of hydrogen-bond donors (Lipinski definition) is 2. The van der Waals surface area contributed by atoms with Crippen LogP contribution in [0.15, 0.2) is 17.0 Å². The number of aromatic hydroxyl groups is 1. The quantitative estimate of drug-likeness (QED) is 0.817. The van der Waals surface area contributed by atoms with Gasteiger partial charge in [-0.15, -0.1) is 0 Å². The molecule has 0 aromatic heterocycles. The summed E-state index contributed by atoms with van der Waals surface area (Å²) in [5.41, 5.74) is -0.0865. The maximum Gasteiger partial charge on any atom is 0.244 e. The highest BCUT2D eigenvalue weighted by molar-refractivity contribution is 7.89. The van der Waals surface area contributed by atoms with E-state index in [4.69, 9.17) is 11.6 Å². The number of hydrogen-bond acceptors (Lipinski definition) is 4. The zero-order valence-electron chi connectivity index (χ0n) is 11.8. The molecule has 0 saturated heterocycles. The molecule has 0 spiro atoms. The van der Waals surface area contributed by atoms with Gasteiger partial charge in [-0.05, 0) is 26.0 Å². The van der Waals surface area contributed by atoms with Crippen molar-refractivity contribution in [1.82, 2.24) is 4.72 Å². The first kappa shape index (κ1) is 16.9. The Morgan fingerprint density at radius 2 is 1.80 bits per heavy atom. The molecule has 112 valence electrons. The molecule has 1 rings (SSSR count). The molecule has 1 aromatic carbocycles. The Morgan fingerprint density at radius 1 is 1.25 bits per heavy atom. The average Bonchev–Trinajstić information content (AvgIpc) is 2.28. The van der Waals surface area contributed by atoms with Crippen molar-refractivity contribution in [2.75, 3.05) is 0 Å². The second-order valence-corrected chi connectivity index (χ2v) is 7.21. The zero-order valence-corrected chi connectivity index (χ0v) is 13.3. The number of phenols is 1. The highest BCUT2D eigenvalue weighted by Crippen LogP contribution is 2.32. The first-order valence-corrected chi connectivity index (χ1v) is 8.01. The number of ketones is 1. The molecular weight excluding hydrogens is 302 g/mol. The lowest BCUT2D eigenvalue weighted by atomic mass is 10.0. The summed E-state index contributed by atoms with van der Waals surface area (Å²) in [7, 11) is -3.93. The van der Waals surface area contributed by atoms with Crippen molar-refractivity contribution in [2.45, 2.75) is 38.6 Å². The number of rotatable bonds is 5. The number of phenolic OH excluding ortho intramolecular Hbond substituents is 1. The van der Waals surface area contributed by atoms with Gasteiger partial charge in [0.15, 0.2) is 5.78 Å². The number of benzene rings is 1. The summed E-state index contributed by atoms with van der Waals surface area (Å²) in [6, 6.07) is 2.05. The van der Waals surface area contributed by atoms with E-state index in [-0.39, 0.29) is 33.2 Å². The van der Waals surface area contributed by atoms with Gasteiger partial charge in [-0.25, -0.2) is 13.1 Å². The minimum absolute atomic E-state index is 0.0796. The SMILES string of the molecule is CC(C)NS(=O)(=O)c1cc(Cl)cc(C(=O)C(C)C)c1O. The highest BCUT2D eigenvalue weighted by Gasteiger charge is 2.26. The summed E-state index contributed by atoms with van der Waals surface area (Å²) in [5.74, 6) is -1.32. The minimum atomic E-state index is -3.93. The van der Waals surface area contributed by atoms with E-state index in [0.29, 0.717) is 0 Å². The molecule has 2 N–H and O–H groups in total. The smallest absolute Gasteiger partial charge is 0.244 e. The maximum atomic E-state index is 12.1. The van der Waals surface area contributed by atoms with Gasteiger partial charge in [0.25, 0.3) is 0 Å². The molecule has 20 heavy (non-hydrogen) atoms. The summed E-state index contributed by atoms with van der Waals surface area (Å²) in [4.78, 5) is 11.6. The van der Waals surface area contributed by atoms with Crippen molar-refractivity contribution in [3.63, 3.8) is 0 Å². The number of sulfonamides is 1. The van der Waals surface area contributed by atoms with E-state index in [1.807, 2.05) is 0 Å². The lowest BCUT2D eigenvalue weighted by Gasteiger charge is -2.14. The summed E-state index contributed by atoms with van der Waals surface area (Å²) in [6.07, 6.45) is 0. The van der Waals surface area contributed by atoms with Gasteiger partial charge in [0.2, 0.25) is 10.0 Å². The largest absolute Gasteiger partial charge is 0.506 e. The van der Waals surface area contributed by atoms with Gasteiger partial charge >= 0.3 is 0 Å². The zero-order chi connectivity index (χ0) is 15.7. The van der Waals surface area contributed by atoms with Crippen molar-refractivity contribution in [3.8, 4) is 5.75 Å². The van der Waals surface area contributed by atoms with Crippen LogP contribution in [0.4, 0.5) is 0 Å². The van der Waals surface area contributed by atoms with Crippen LogP contribution in [0.2, 0.25) is 5.02 Å². The number of Topliss-reactive ketones (excluding diaryl/α,β-unsaturated/α-hetero) is 1. The van der Waals surface area contributed by atoms with E-state index in [2.05, 4.69) is 4.72 Å². The van der Waals surface area contributed by atoms with Gasteiger partial charge in [0, 0.05) is 17.0 Å². The second kappa shape index (κ2) is 6.11. The molecule has 0 aliphatic rings. The molecule has 0 atom stereocenters. The van der Waals surface area contributed by atoms with E-state index in [1.54, 1.807) is 27.7 Å². The van der Waals surface area contributed by atoms with Crippen LogP contribution in [0.5, 0.6) is 5.75 Å². The van der Waals surface area contributed by atoms with Gasteiger partial charge in [0.05, 0.1) is 5.56 Å². The molecule has 1 aromatic rings. The monoisotopic (exact) mass is 319 g/mol. The van der Waals surface area contributed by atoms with Crippen LogP contribution in [-0.4, -0.2) is 25.3 Å². The fourth-order valence-electron chi connectivity index (χ4n) is 1.65. The van der Waals surface area contributed by atoms with E-state index in [9.17, 15) is 18.3 Å². The lowest BCUT2D eigenvalue weighted by Crippen LogP contribution is -2.30. The molecule has 0 saturated carbocycles. The first-order chi connectivity index (χ1) is 9.06. The van der Waals surface area contributed by atoms with Crippen LogP contribution in [0.3, 0.4) is 0 Å². The molecule has 0 fully saturated rings. The fraction of sp³-hybridized carbons (Fsp3) is 0.462. The Morgan fingerprint density at radius 3 is 2.25 bits per heavy atom. The van der Waals surface area contributed by atoms with E-state index in [1.165, 1.54) is 6.07 Å². The summed E-state index contributed by atoms with van der Waals surface area (Å²) >= 11 is 5.86. The minimum Gasteiger partial charge on any atom is -0.506 e. The Balaban J connectivity index is 3.47. The third kappa shape index (κ3) is 3.71. The standard InChI is InChI=1S/C13H18ClNO4S/c1-7(2)12(16)10-5-9(14)6-11(13(10)17)20(18,19)15-8(3)4/h5-8,15,17H,1-4H3. The Bertz CT molecular complexity index is 624. The Hall–Kier alpha value is -1.11. The van der Waals surface area contributed by atoms with Crippen molar-refractivity contribution in [2.24, 2.45) is 5.92 Å². The average molecular weight is 320 g/mol. The normalized spacial score (nSPS) is 12.2. The van der Waals surface area contributed by atoms with Crippen molar-refractivity contribution in [1.29, 1.82) is 0 Å². The fourth-order valence-corrected chi connectivity index (χ4v) is 3.33.